The van der Waals surface area contributed by atoms with Crippen LogP contribution in [0.4, 0.5) is 11.4 Å². The van der Waals surface area contributed by atoms with Gasteiger partial charge in [0.2, 0.25) is 12.2 Å². The topological polar surface area (TPSA) is 214 Å². The molecule has 6 N–H and O–H groups in total. The van der Waals surface area contributed by atoms with Gasteiger partial charge in [0, 0.05) is 39.3 Å². The molecule has 0 saturated carbocycles. The van der Waals surface area contributed by atoms with Gasteiger partial charge in [-0.1, -0.05) is 24.3 Å². The van der Waals surface area contributed by atoms with Crippen molar-refractivity contribution in [2.24, 2.45) is 9.98 Å². The molecule has 12 heteroatoms. The zero-order valence-electron chi connectivity index (χ0n) is 23.0. The van der Waals surface area contributed by atoms with Gasteiger partial charge >= 0.3 is 11.9 Å². The molecule has 0 heterocycles. The number of unbranched alkanes of at least 4 members (excludes halogenated alkanes) is 3. The monoisotopic (exact) mass is 576 g/mol. The van der Waals surface area contributed by atoms with Crippen LogP contribution in [0.1, 0.15) is 62.5 Å². The van der Waals surface area contributed by atoms with Gasteiger partial charge in [-0.05, 0) is 80.3 Å². The van der Waals surface area contributed by atoms with E-state index in [1.54, 1.807) is 24.3 Å². The summed E-state index contributed by atoms with van der Waals surface area (Å²) in [5, 5.41) is 48.6. The predicted molar refractivity (Wildman–Crippen MR) is 152 cm³/mol. The first-order chi connectivity index (χ1) is 19.8. The summed E-state index contributed by atoms with van der Waals surface area (Å²) < 4.78 is 0. The number of carbonyl (C=O) groups is 2. The standard InChI is InChI=1S/C15H10N2O2.C6H10O4.2C4H10O2/c18-10-16-14-5-1-12(2-6-14)9-13-3-7-15(8-4-13)17-11-19;7-5(8)3-1-2-4-6(9)10;2*5-3-1-2-4-6/h1-8H,9H2;1-4H2,(H,7,8)(H,9,10);2*5-6H,1-4H2. The zero-order chi connectivity index (χ0) is 31.1. The molecule has 12 nitrogen and oxygen atoms in total. The van der Waals surface area contributed by atoms with Crippen molar-refractivity contribution in [3.8, 4) is 0 Å². The highest BCUT2D eigenvalue weighted by atomic mass is 16.4. The number of aliphatic carboxylic acids is 2. The second-order valence-electron chi connectivity index (χ2n) is 8.22. The predicted octanol–water partition coefficient (Wildman–Crippen LogP) is 3.43. The summed E-state index contributed by atoms with van der Waals surface area (Å²) in [5.41, 5.74) is 3.40. The van der Waals surface area contributed by atoms with Gasteiger partial charge in [0.15, 0.2) is 0 Å². The van der Waals surface area contributed by atoms with E-state index in [4.69, 9.17) is 30.6 Å². The van der Waals surface area contributed by atoms with Crippen LogP contribution in [0.3, 0.4) is 0 Å². The number of hydrogen-bond acceptors (Lipinski definition) is 10. The Hall–Kier alpha value is -4.02. The van der Waals surface area contributed by atoms with Gasteiger partial charge in [0.1, 0.15) is 0 Å². The number of nitrogens with zero attached hydrogens (tertiary/aromatic N) is 2. The molecule has 0 spiro atoms. The van der Waals surface area contributed by atoms with Gasteiger partial charge in [0.05, 0.1) is 11.4 Å². The quantitative estimate of drug-likeness (QED) is 0.103. The molecule has 226 valence electrons. The molecule has 0 aliphatic carbocycles. The van der Waals surface area contributed by atoms with Crippen LogP contribution in [0.2, 0.25) is 0 Å². The highest BCUT2D eigenvalue weighted by Crippen LogP contribution is 2.17. The van der Waals surface area contributed by atoms with Gasteiger partial charge in [-0.25, -0.2) is 9.59 Å². The minimum absolute atomic E-state index is 0.0628. The second kappa shape index (κ2) is 29.0. The molecule has 0 radical (unpaired) electrons. The van der Waals surface area contributed by atoms with Crippen molar-refractivity contribution >= 4 is 35.5 Å². The van der Waals surface area contributed by atoms with Gasteiger partial charge < -0.3 is 30.6 Å². The van der Waals surface area contributed by atoms with Crippen LogP contribution in [-0.4, -0.2) is 81.2 Å². The number of carbonyl (C=O) groups excluding carboxylic acids is 2. The fourth-order valence-electron chi connectivity index (χ4n) is 2.72. The first-order valence-corrected chi connectivity index (χ1v) is 13.0. The van der Waals surface area contributed by atoms with Gasteiger partial charge in [-0.15, -0.1) is 0 Å². The Morgan fingerprint density at radius 2 is 0.829 bits per heavy atom. The Bertz CT molecular complexity index is 939. The maximum atomic E-state index is 10.1. The van der Waals surface area contributed by atoms with Crippen molar-refractivity contribution in [1.29, 1.82) is 0 Å². The van der Waals surface area contributed by atoms with Crippen LogP contribution in [0.25, 0.3) is 0 Å². The lowest BCUT2D eigenvalue weighted by Crippen LogP contribution is -1.97. The van der Waals surface area contributed by atoms with Crippen LogP contribution >= 0.6 is 0 Å². The first kappa shape index (κ1) is 39.1. The van der Waals surface area contributed by atoms with Gasteiger partial charge in [-0.2, -0.15) is 9.98 Å². The van der Waals surface area contributed by atoms with Crippen molar-refractivity contribution in [3.63, 3.8) is 0 Å². The summed E-state index contributed by atoms with van der Waals surface area (Å²) in [5.74, 6) is -1.74. The molecule has 0 atom stereocenters. The molecule has 2 aromatic carbocycles. The lowest BCUT2D eigenvalue weighted by Gasteiger charge is -2.02. The maximum Gasteiger partial charge on any atom is 0.303 e. The lowest BCUT2D eigenvalue weighted by molar-refractivity contribution is -0.139. The van der Waals surface area contributed by atoms with E-state index in [9.17, 15) is 19.2 Å². The molecule has 0 bridgehead atoms. The van der Waals surface area contributed by atoms with Crippen LogP contribution in [0.15, 0.2) is 58.5 Å². The highest BCUT2D eigenvalue weighted by Gasteiger charge is 1.99. The molecule has 0 fully saturated rings. The fraction of sp³-hybridized carbons (Fsp3) is 0.448. The molecule has 0 aromatic heterocycles. The number of rotatable bonds is 15. The molecule has 0 amide bonds. The van der Waals surface area contributed by atoms with E-state index in [2.05, 4.69) is 9.98 Å². The smallest absolute Gasteiger partial charge is 0.303 e. The van der Waals surface area contributed by atoms with Crippen molar-refractivity contribution in [1.82, 2.24) is 0 Å². The number of aliphatic hydroxyl groups excluding tert-OH is 4. The summed E-state index contributed by atoms with van der Waals surface area (Å²) >= 11 is 0. The van der Waals surface area contributed by atoms with Crippen LogP contribution < -0.4 is 0 Å². The van der Waals surface area contributed by atoms with Crippen LogP contribution in [-0.2, 0) is 25.6 Å². The summed E-state index contributed by atoms with van der Waals surface area (Å²) in [7, 11) is 0. The van der Waals surface area contributed by atoms with Crippen molar-refractivity contribution < 1.29 is 49.8 Å². The lowest BCUT2D eigenvalue weighted by atomic mass is 10.0. The third-order valence-electron chi connectivity index (χ3n) is 4.79. The number of hydrogen-bond donors (Lipinski definition) is 6. The minimum atomic E-state index is -0.870. The average molecular weight is 577 g/mol. The molecule has 0 aliphatic heterocycles. The second-order valence-corrected chi connectivity index (χ2v) is 8.22. The van der Waals surface area contributed by atoms with E-state index in [1.165, 1.54) is 12.2 Å². The molecule has 0 aliphatic rings. The number of carboxylic acid groups (broad SMARTS) is 2. The van der Waals surface area contributed by atoms with Crippen molar-refractivity contribution in [2.45, 2.75) is 57.8 Å². The third kappa shape index (κ3) is 27.3. The van der Waals surface area contributed by atoms with Gasteiger partial charge in [-0.3, -0.25) is 9.59 Å². The molecule has 0 unspecified atom stereocenters. The summed E-state index contributed by atoms with van der Waals surface area (Å²) in [6.45, 7) is 0.780. The molecular formula is C29H40N2O10. The van der Waals surface area contributed by atoms with E-state index in [1.807, 2.05) is 24.3 Å². The Morgan fingerprint density at radius 1 is 0.537 bits per heavy atom. The number of aliphatic hydroxyl groups is 4. The molecular weight excluding hydrogens is 536 g/mol. The van der Waals surface area contributed by atoms with E-state index in [0.29, 0.717) is 24.2 Å². The Kier molecular flexibility index (Phi) is 27.6. The van der Waals surface area contributed by atoms with E-state index < -0.39 is 11.9 Å². The highest BCUT2D eigenvalue weighted by molar-refractivity contribution is 5.67. The summed E-state index contributed by atoms with van der Waals surface area (Å²) in [4.78, 5) is 47.1. The Balaban J connectivity index is 0. The normalized spacial score (nSPS) is 9.17. The summed E-state index contributed by atoms with van der Waals surface area (Å²) in [6, 6.07) is 14.7. The molecule has 2 aromatic rings. The number of aliphatic imine (C=N–C) groups is 2. The minimum Gasteiger partial charge on any atom is -0.481 e. The van der Waals surface area contributed by atoms with E-state index >= 15 is 0 Å². The molecule has 0 saturated heterocycles. The summed E-state index contributed by atoms with van der Waals surface area (Å²) in [6.07, 6.45) is 7.66. The first-order valence-electron chi connectivity index (χ1n) is 13.0. The van der Waals surface area contributed by atoms with Crippen LogP contribution in [0.5, 0.6) is 0 Å². The van der Waals surface area contributed by atoms with Crippen molar-refractivity contribution in [2.75, 3.05) is 26.4 Å². The Morgan fingerprint density at radius 3 is 1.05 bits per heavy atom. The van der Waals surface area contributed by atoms with E-state index in [0.717, 1.165) is 43.2 Å². The number of benzene rings is 2. The van der Waals surface area contributed by atoms with Crippen LogP contribution in [0, 0.1) is 0 Å². The third-order valence-corrected chi connectivity index (χ3v) is 4.79. The van der Waals surface area contributed by atoms with Crippen molar-refractivity contribution in [3.05, 3.63) is 59.7 Å². The van der Waals surface area contributed by atoms with Gasteiger partial charge in [0.25, 0.3) is 0 Å². The molecule has 2 rings (SSSR count). The fourth-order valence-corrected chi connectivity index (χ4v) is 2.72. The number of carboxylic acids is 2. The SMILES string of the molecule is O=C(O)CCCCC(=O)O.O=C=Nc1ccc(Cc2ccc(N=C=O)cc2)cc1.OCCCCO.OCCCCO. The van der Waals surface area contributed by atoms with E-state index in [-0.39, 0.29) is 39.3 Å². The number of isocyanates is 2. The molecule has 41 heavy (non-hydrogen) atoms. The Labute approximate surface area is 239 Å². The maximum absolute atomic E-state index is 10.1. The largest absolute Gasteiger partial charge is 0.481 e. The average Bonchev–Trinajstić information content (AvgIpc) is 2.96. The zero-order valence-corrected chi connectivity index (χ0v) is 23.0.